The zero-order valence-corrected chi connectivity index (χ0v) is 20.3. The number of halogens is 1. The number of amides is 1. The van der Waals surface area contributed by atoms with Crippen LogP contribution in [-0.2, 0) is 11.3 Å². The van der Waals surface area contributed by atoms with Crippen molar-refractivity contribution in [3.8, 4) is 0 Å². The molecule has 2 atom stereocenters. The number of hydrogen-bond donors (Lipinski definition) is 2. The number of aromatic nitrogens is 1. The van der Waals surface area contributed by atoms with Gasteiger partial charge in [0.15, 0.2) is 5.78 Å². The first-order valence-corrected chi connectivity index (χ1v) is 12.0. The third kappa shape index (κ3) is 3.88. The first-order chi connectivity index (χ1) is 17.8. The fourth-order valence-corrected chi connectivity index (χ4v) is 5.35. The van der Waals surface area contributed by atoms with Crippen LogP contribution in [0.25, 0.3) is 0 Å². The number of nitrogens with zero attached hydrogens (tertiary/aromatic N) is 1. The molecule has 2 aliphatic rings. The SMILES string of the molecule is Cc1cc(N)nc(C)c1CNC(=O)c1ccc2c(c1)[C@@H]1O[C@H]2c2ccc(C(=O)c3cccc(F)c3)cc21. The lowest BCUT2D eigenvalue weighted by molar-refractivity contribution is 0.0857. The molecule has 184 valence electrons. The number of nitrogen functional groups attached to an aromatic ring is 1. The standard InChI is InChI=1S/C30H24FN3O3/c1-15-10-26(32)34-16(2)25(15)14-33-30(36)19-7-9-22-24(13-19)29-23-12-18(6-8-21(23)28(22)37-29)27(35)17-4-3-5-20(31)11-17/h3-13,28-29H,14H2,1-2H3,(H2,32,34)(H,33,36)/t28-,29+/m0/s1. The number of hydrogen-bond acceptors (Lipinski definition) is 5. The molecule has 0 unspecified atom stereocenters. The first-order valence-electron chi connectivity index (χ1n) is 12.0. The molecule has 4 aromatic rings. The molecule has 0 saturated heterocycles. The molecular formula is C30H24FN3O3. The number of carbonyl (C=O) groups excluding carboxylic acids is 2. The van der Waals surface area contributed by atoms with Gasteiger partial charge in [-0.1, -0.05) is 30.3 Å². The Balaban J connectivity index is 1.25. The van der Waals surface area contributed by atoms with Gasteiger partial charge in [0.1, 0.15) is 23.8 Å². The minimum atomic E-state index is -0.452. The minimum Gasteiger partial charge on any atom is -0.384 e. The topological polar surface area (TPSA) is 94.3 Å². The van der Waals surface area contributed by atoms with Crippen molar-refractivity contribution in [2.24, 2.45) is 0 Å². The lowest BCUT2D eigenvalue weighted by Crippen LogP contribution is -2.24. The van der Waals surface area contributed by atoms with E-state index in [1.165, 1.54) is 18.2 Å². The van der Waals surface area contributed by atoms with E-state index in [0.29, 0.717) is 29.1 Å². The quantitative estimate of drug-likeness (QED) is 0.377. The maximum absolute atomic E-state index is 13.6. The Kier molecular flexibility index (Phi) is 5.38. The Morgan fingerprint density at radius 3 is 2.24 bits per heavy atom. The third-order valence-electron chi connectivity index (χ3n) is 7.19. The molecule has 0 saturated carbocycles. The largest absolute Gasteiger partial charge is 0.384 e. The van der Waals surface area contributed by atoms with Crippen molar-refractivity contribution in [2.45, 2.75) is 32.6 Å². The van der Waals surface area contributed by atoms with E-state index in [1.54, 1.807) is 24.3 Å². The molecular weight excluding hydrogens is 469 g/mol. The van der Waals surface area contributed by atoms with Gasteiger partial charge < -0.3 is 15.8 Å². The van der Waals surface area contributed by atoms with Crippen molar-refractivity contribution in [3.05, 3.63) is 128 Å². The highest BCUT2D eigenvalue weighted by Gasteiger charge is 2.43. The van der Waals surface area contributed by atoms with Crippen LogP contribution in [0.4, 0.5) is 10.2 Å². The van der Waals surface area contributed by atoms with Crippen molar-refractivity contribution in [2.75, 3.05) is 5.73 Å². The van der Waals surface area contributed by atoms with Gasteiger partial charge >= 0.3 is 0 Å². The fraction of sp³-hybridized carbons (Fsp3) is 0.167. The van der Waals surface area contributed by atoms with E-state index in [9.17, 15) is 14.0 Å². The molecule has 2 aliphatic heterocycles. The number of rotatable bonds is 5. The average molecular weight is 494 g/mol. The van der Waals surface area contributed by atoms with Crippen LogP contribution >= 0.6 is 0 Å². The zero-order chi connectivity index (χ0) is 25.8. The van der Waals surface area contributed by atoms with Crippen molar-refractivity contribution in [1.29, 1.82) is 0 Å². The van der Waals surface area contributed by atoms with Crippen molar-refractivity contribution >= 4 is 17.5 Å². The van der Waals surface area contributed by atoms with Crippen molar-refractivity contribution in [1.82, 2.24) is 10.3 Å². The molecule has 0 spiro atoms. The van der Waals surface area contributed by atoms with Gasteiger partial charge in [0.25, 0.3) is 5.91 Å². The third-order valence-corrected chi connectivity index (χ3v) is 7.19. The minimum absolute atomic E-state index is 0.198. The monoisotopic (exact) mass is 493 g/mol. The Hall–Kier alpha value is -4.36. The highest BCUT2D eigenvalue weighted by molar-refractivity contribution is 6.09. The number of nitrogens with one attached hydrogen (secondary N) is 1. The number of pyridine rings is 1. The lowest BCUT2D eigenvalue weighted by atomic mass is 9.83. The summed E-state index contributed by atoms with van der Waals surface area (Å²) in [4.78, 5) is 30.3. The summed E-state index contributed by atoms with van der Waals surface area (Å²) in [5.74, 6) is -0.440. The second kappa shape index (κ2) is 8.64. The Morgan fingerprint density at radius 1 is 0.892 bits per heavy atom. The second-order valence-electron chi connectivity index (χ2n) is 9.53. The molecule has 3 heterocycles. The molecule has 1 aromatic heterocycles. The number of carbonyl (C=O) groups is 2. The van der Waals surface area contributed by atoms with Crippen LogP contribution in [0.3, 0.4) is 0 Å². The summed E-state index contributed by atoms with van der Waals surface area (Å²) >= 11 is 0. The number of ketones is 1. The molecule has 6 nitrogen and oxygen atoms in total. The van der Waals surface area contributed by atoms with Crippen LogP contribution in [0, 0.1) is 19.7 Å². The molecule has 0 fully saturated rings. The van der Waals surface area contributed by atoms with Crippen molar-refractivity contribution in [3.63, 3.8) is 0 Å². The fourth-order valence-electron chi connectivity index (χ4n) is 5.35. The summed E-state index contributed by atoms with van der Waals surface area (Å²) in [7, 11) is 0. The zero-order valence-electron chi connectivity index (χ0n) is 20.3. The number of fused-ring (bicyclic) bond motifs is 8. The maximum atomic E-state index is 13.6. The summed E-state index contributed by atoms with van der Waals surface area (Å²) in [5.41, 5.74) is 13.7. The van der Waals surface area contributed by atoms with Crippen LogP contribution in [0.2, 0.25) is 0 Å². The number of ether oxygens (including phenoxy) is 1. The van der Waals surface area contributed by atoms with Crippen LogP contribution in [-0.4, -0.2) is 16.7 Å². The highest BCUT2D eigenvalue weighted by Crippen LogP contribution is 2.54. The molecule has 6 rings (SSSR count). The van der Waals surface area contributed by atoms with E-state index in [1.807, 2.05) is 38.1 Å². The van der Waals surface area contributed by atoms with Gasteiger partial charge in [-0.3, -0.25) is 9.59 Å². The summed E-state index contributed by atoms with van der Waals surface area (Å²) in [6.45, 7) is 4.16. The van der Waals surface area contributed by atoms with Crippen molar-refractivity contribution < 1.29 is 18.7 Å². The van der Waals surface area contributed by atoms with E-state index in [0.717, 1.165) is 39.1 Å². The Labute approximate surface area is 213 Å². The van der Waals surface area contributed by atoms with Crippen LogP contribution in [0.1, 0.15) is 77.6 Å². The van der Waals surface area contributed by atoms with Gasteiger partial charge in [0.2, 0.25) is 0 Å². The number of aryl methyl sites for hydroxylation is 2. The van der Waals surface area contributed by atoms with Gasteiger partial charge in [0.05, 0.1) is 0 Å². The summed E-state index contributed by atoms with van der Waals surface area (Å²) in [6, 6.07) is 18.6. The van der Waals surface area contributed by atoms with Gasteiger partial charge in [-0.05, 0) is 83.6 Å². The Bertz CT molecular complexity index is 1590. The van der Waals surface area contributed by atoms with Crippen LogP contribution in [0.15, 0.2) is 66.7 Å². The summed E-state index contributed by atoms with van der Waals surface area (Å²) < 4.78 is 19.9. The molecule has 3 N–H and O–H groups in total. The van der Waals surface area contributed by atoms with Gasteiger partial charge in [0, 0.05) is 28.9 Å². The number of anilines is 1. The maximum Gasteiger partial charge on any atom is 0.251 e. The van der Waals surface area contributed by atoms with E-state index in [4.69, 9.17) is 10.5 Å². The lowest BCUT2D eigenvalue weighted by Gasteiger charge is -2.18. The summed E-state index contributed by atoms with van der Waals surface area (Å²) in [5, 5.41) is 2.98. The average Bonchev–Trinajstić information content (AvgIpc) is 3.44. The van der Waals surface area contributed by atoms with Gasteiger partial charge in [-0.15, -0.1) is 0 Å². The molecule has 0 aliphatic carbocycles. The summed E-state index contributed by atoms with van der Waals surface area (Å²) in [6.07, 6.45) is -0.606. The van der Waals surface area contributed by atoms with Gasteiger partial charge in [-0.25, -0.2) is 9.37 Å². The number of nitrogens with two attached hydrogens (primary N) is 1. The molecule has 7 heteroatoms. The molecule has 2 bridgehead atoms. The highest BCUT2D eigenvalue weighted by atomic mass is 19.1. The Morgan fingerprint density at radius 2 is 1.54 bits per heavy atom. The van der Waals surface area contributed by atoms with Crippen LogP contribution < -0.4 is 11.1 Å². The van der Waals surface area contributed by atoms with E-state index in [2.05, 4.69) is 10.3 Å². The predicted octanol–water partition coefficient (Wildman–Crippen LogP) is 5.10. The molecule has 37 heavy (non-hydrogen) atoms. The first kappa shape index (κ1) is 23.1. The number of benzene rings is 3. The normalized spacial score (nSPS) is 16.8. The van der Waals surface area contributed by atoms with Gasteiger partial charge in [-0.2, -0.15) is 0 Å². The van der Waals surface area contributed by atoms with E-state index in [-0.39, 0.29) is 23.9 Å². The predicted molar refractivity (Wildman–Crippen MR) is 137 cm³/mol. The second-order valence-corrected chi connectivity index (χ2v) is 9.53. The smallest absolute Gasteiger partial charge is 0.251 e. The van der Waals surface area contributed by atoms with E-state index < -0.39 is 5.82 Å². The van der Waals surface area contributed by atoms with E-state index >= 15 is 0 Å². The molecule has 1 amide bonds. The molecule has 0 radical (unpaired) electrons. The molecule has 3 aromatic carbocycles. The van der Waals surface area contributed by atoms with Crippen LogP contribution in [0.5, 0.6) is 0 Å².